The van der Waals surface area contributed by atoms with Gasteiger partial charge >= 0.3 is 0 Å². The SMILES string of the molecule is Cc1[nH]nc(Nc2ccc(F)cn2)c1C#N. The first-order chi connectivity index (χ1) is 7.70. The van der Waals surface area contributed by atoms with E-state index < -0.39 is 5.82 Å². The third-order valence-electron chi connectivity index (χ3n) is 2.03. The molecule has 0 amide bonds. The molecule has 16 heavy (non-hydrogen) atoms. The van der Waals surface area contributed by atoms with Crippen molar-refractivity contribution in [3.05, 3.63) is 35.4 Å². The van der Waals surface area contributed by atoms with E-state index in [0.29, 0.717) is 22.9 Å². The van der Waals surface area contributed by atoms with Gasteiger partial charge in [0.2, 0.25) is 0 Å². The lowest BCUT2D eigenvalue weighted by molar-refractivity contribution is 0.622. The third kappa shape index (κ3) is 1.83. The van der Waals surface area contributed by atoms with Gasteiger partial charge in [-0.15, -0.1) is 0 Å². The summed E-state index contributed by atoms with van der Waals surface area (Å²) in [6, 6.07) is 4.77. The highest BCUT2D eigenvalue weighted by Crippen LogP contribution is 2.18. The summed E-state index contributed by atoms with van der Waals surface area (Å²) in [5, 5.41) is 18.3. The predicted octanol–water partition coefficient (Wildman–Crippen LogP) is 1.87. The zero-order chi connectivity index (χ0) is 11.5. The number of anilines is 2. The molecule has 0 unspecified atom stereocenters. The van der Waals surface area contributed by atoms with Crippen LogP contribution < -0.4 is 5.32 Å². The summed E-state index contributed by atoms with van der Waals surface area (Å²) >= 11 is 0. The van der Waals surface area contributed by atoms with Gasteiger partial charge in [0.1, 0.15) is 23.3 Å². The molecule has 2 heterocycles. The molecule has 0 fully saturated rings. The highest BCUT2D eigenvalue weighted by molar-refractivity contribution is 5.61. The molecule has 2 rings (SSSR count). The Balaban J connectivity index is 2.27. The number of H-pyrrole nitrogens is 1. The molecule has 2 N–H and O–H groups in total. The molecule has 0 aliphatic rings. The van der Waals surface area contributed by atoms with Crippen LogP contribution in [0.15, 0.2) is 18.3 Å². The maximum Gasteiger partial charge on any atom is 0.171 e. The highest BCUT2D eigenvalue weighted by Gasteiger charge is 2.09. The molecule has 0 aliphatic carbocycles. The van der Waals surface area contributed by atoms with Gasteiger partial charge < -0.3 is 5.32 Å². The Hall–Kier alpha value is -2.42. The van der Waals surface area contributed by atoms with Crippen molar-refractivity contribution in [3.8, 4) is 6.07 Å². The fourth-order valence-electron chi connectivity index (χ4n) is 1.23. The van der Waals surface area contributed by atoms with Gasteiger partial charge in [-0.3, -0.25) is 5.10 Å². The second kappa shape index (κ2) is 3.98. The second-order valence-corrected chi connectivity index (χ2v) is 3.17. The van der Waals surface area contributed by atoms with Gasteiger partial charge in [0, 0.05) is 0 Å². The molecule has 0 saturated heterocycles. The van der Waals surface area contributed by atoms with Crippen molar-refractivity contribution >= 4 is 11.6 Å². The topological polar surface area (TPSA) is 77.4 Å². The van der Waals surface area contributed by atoms with Crippen LogP contribution in [-0.2, 0) is 0 Å². The summed E-state index contributed by atoms with van der Waals surface area (Å²) in [6.45, 7) is 1.74. The fraction of sp³-hybridized carbons (Fsp3) is 0.100. The summed E-state index contributed by atoms with van der Waals surface area (Å²) in [5.74, 6) is 0.410. The minimum atomic E-state index is -0.413. The monoisotopic (exact) mass is 217 g/mol. The van der Waals surface area contributed by atoms with E-state index in [9.17, 15) is 4.39 Å². The number of rotatable bonds is 2. The van der Waals surface area contributed by atoms with Crippen molar-refractivity contribution in [1.82, 2.24) is 15.2 Å². The second-order valence-electron chi connectivity index (χ2n) is 3.17. The van der Waals surface area contributed by atoms with Gasteiger partial charge in [-0.05, 0) is 19.1 Å². The maximum absolute atomic E-state index is 12.6. The van der Waals surface area contributed by atoms with E-state index in [1.165, 1.54) is 12.1 Å². The number of aromatic amines is 1. The standard InChI is InChI=1S/C10H8FN5/c1-6-8(4-12)10(16-15-6)14-9-3-2-7(11)5-13-9/h2-3,5H,1H3,(H2,13,14,15,16). The van der Waals surface area contributed by atoms with Crippen LogP contribution in [-0.4, -0.2) is 15.2 Å². The summed E-state index contributed by atoms with van der Waals surface area (Å²) in [5.41, 5.74) is 1.10. The molecule has 0 radical (unpaired) electrons. The van der Waals surface area contributed by atoms with Crippen LogP contribution in [0.2, 0.25) is 0 Å². The van der Waals surface area contributed by atoms with Crippen LogP contribution in [0, 0.1) is 24.1 Å². The van der Waals surface area contributed by atoms with E-state index in [0.717, 1.165) is 6.20 Å². The number of hydrogen-bond acceptors (Lipinski definition) is 4. The van der Waals surface area contributed by atoms with Crippen molar-refractivity contribution in [2.24, 2.45) is 0 Å². The Morgan fingerprint density at radius 1 is 1.50 bits per heavy atom. The first kappa shape index (κ1) is 10.1. The van der Waals surface area contributed by atoms with E-state index in [1.807, 2.05) is 6.07 Å². The minimum absolute atomic E-state index is 0.388. The molecule has 6 heteroatoms. The Bertz CT molecular complexity index is 537. The molecule has 0 spiro atoms. The zero-order valence-electron chi connectivity index (χ0n) is 8.45. The Morgan fingerprint density at radius 3 is 2.94 bits per heavy atom. The molecule has 0 atom stereocenters. The minimum Gasteiger partial charge on any atom is -0.322 e. The van der Waals surface area contributed by atoms with Crippen molar-refractivity contribution in [2.45, 2.75) is 6.92 Å². The molecule has 80 valence electrons. The molecule has 0 aromatic carbocycles. The van der Waals surface area contributed by atoms with E-state index >= 15 is 0 Å². The Labute approximate surface area is 90.9 Å². The van der Waals surface area contributed by atoms with Gasteiger partial charge in [0.15, 0.2) is 5.82 Å². The lowest BCUT2D eigenvalue weighted by atomic mass is 10.2. The fourth-order valence-corrected chi connectivity index (χ4v) is 1.23. The molecular formula is C10H8FN5. The van der Waals surface area contributed by atoms with E-state index in [2.05, 4.69) is 20.5 Å². The summed E-state index contributed by atoms with van der Waals surface area (Å²) in [7, 11) is 0. The summed E-state index contributed by atoms with van der Waals surface area (Å²) in [4.78, 5) is 3.81. The molecule has 2 aromatic heterocycles. The molecular weight excluding hydrogens is 209 g/mol. The van der Waals surface area contributed by atoms with Crippen molar-refractivity contribution in [3.63, 3.8) is 0 Å². The molecule has 0 saturated carbocycles. The Morgan fingerprint density at radius 2 is 2.31 bits per heavy atom. The van der Waals surface area contributed by atoms with Crippen LogP contribution in [0.5, 0.6) is 0 Å². The highest BCUT2D eigenvalue weighted by atomic mass is 19.1. The number of nitrogens with one attached hydrogen (secondary N) is 2. The van der Waals surface area contributed by atoms with Gasteiger partial charge in [-0.25, -0.2) is 9.37 Å². The molecule has 2 aromatic rings. The molecule has 0 aliphatic heterocycles. The number of aromatic nitrogens is 3. The quantitative estimate of drug-likeness (QED) is 0.804. The largest absolute Gasteiger partial charge is 0.322 e. The van der Waals surface area contributed by atoms with Crippen molar-refractivity contribution < 1.29 is 4.39 Å². The maximum atomic E-state index is 12.6. The number of pyridine rings is 1. The normalized spacial score (nSPS) is 9.81. The number of halogens is 1. The van der Waals surface area contributed by atoms with Crippen LogP contribution in [0.3, 0.4) is 0 Å². The molecule has 0 bridgehead atoms. The first-order valence-electron chi connectivity index (χ1n) is 4.54. The van der Waals surface area contributed by atoms with Crippen LogP contribution in [0.4, 0.5) is 16.0 Å². The summed E-state index contributed by atoms with van der Waals surface area (Å²) in [6.07, 6.45) is 1.09. The number of nitriles is 1. The van der Waals surface area contributed by atoms with Gasteiger partial charge in [0.25, 0.3) is 0 Å². The smallest absolute Gasteiger partial charge is 0.171 e. The number of nitrogens with zero attached hydrogens (tertiary/aromatic N) is 3. The van der Waals surface area contributed by atoms with Crippen LogP contribution in [0.25, 0.3) is 0 Å². The first-order valence-corrected chi connectivity index (χ1v) is 4.54. The third-order valence-corrected chi connectivity index (χ3v) is 2.03. The van der Waals surface area contributed by atoms with Crippen molar-refractivity contribution in [1.29, 1.82) is 5.26 Å². The van der Waals surface area contributed by atoms with Gasteiger partial charge in [0.05, 0.1) is 11.9 Å². The lowest BCUT2D eigenvalue weighted by Crippen LogP contribution is -1.95. The van der Waals surface area contributed by atoms with E-state index in [-0.39, 0.29) is 0 Å². The van der Waals surface area contributed by atoms with E-state index in [4.69, 9.17) is 5.26 Å². The van der Waals surface area contributed by atoms with Crippen LogP contribution >= 0.6 is 0 Å². The predicted molar refractivity (Wildman–Crippen MR) is 55.5 cm³/mol. The van der Waals surface area contributed by atoms with Gasteiger partial charge in [-0.2, -0.15) is 10.4 Å². The summed E-state index contributed by atoms with van der Waals surface area (Å²) < 4.78 is 12.6. The number of hydrogen-bond donors (Lipinski definition) is 2. The number of aryl methyl sites for hydroxylation is 1. The Kier molecular flexibility index (Phi) is 2.52. The van der Waals surface area contributed by atoms with Crippen LogP contribution in [0.1, 0.15) is 11.3 Å². The molecule has 5 nitrogen and oxygen atoms in total. The van der Waals surface area contributed by atoms with Crippen molar-refractivity contribution in [2.75, 3.05) is 5.32 Å². The lowest BCUT2D eigenvalue weighted by Gasteiger charge is -2.01. The average molecular weight is 217 g/mol. The van der Waals surface area contributed by atoms with E-state index in [1.54, 1.807) is 6.92 Å². The van der Waals surface area contributed by atoms with Gasteiger partial charge in [-0.1, -0.05) is 0 Å². The zero-order valence-corrected chi connectivity index (χ0v) is 8.45. The average Bonchev–Trinajstić information content (AvgIpc) is 2.63.